The fourth-order valence-corrected chi connectivity index (χ4v) is 2.10. The van der Waals surface area contributed by atoms with Crippen LogP contribution >= 0.6 is 0 Å². The van der Waals surface area contributed by atoms with Gasteiger partial charge in [0.2, 0.25) is 0 Å². The Labute approximate surface area is 121 Å². The van der Waals surface area contributed by atoms with Gasteiger partial charge in [0.05, 0.1) is 20.8 Å². The van der Waals surface area contributed by atoms with Gasteiger partial charge in [-0.2, -0.15) is 0 Å². The van der Waals surface area contributed by atoms with Crippen molar-refractivity contribution in [3.8, 4) is 11.5 Å². The van der Waals surface area contributed by atoms with Crippen LogP contribution in [0.3, 0.4) is 0 Å². The Morgan fingerprint density at radius 3 is 2.20 bits per heavy atom. The lowest BCUT2D eigenvalue weighted by Gasteiger charge is -2.27. The van der Waals surface area contributed by atoms with Crippen LogP contribution in [0.15, 0.2) is 18.2 Å². The minimum Gasteiger partial charge on any atom is -0.497 e. The van der Waals surface area contributed by atoms with Gasteiger partial charge in [0.15, 0.2) is 0 Å². The molecular weight excluding hydrogens is 256 g/mol. The highest BCUT2D eigenvalue weighted by Gasteiger charge is 2.17. The third-order valence-electron chi connectivity index (χ3n) is 3.31. The summed E-state index contributed by atoms with van der Waals surface area (Å²) in [4.78, 5) is 2.18. The first-order valence-electron chi connectivity index (χ1n) is 6.87. The maximum Gasteiger partial charge on any atom is 0.122 e. The first-order chi connectivity index (χ1) is 9.65. The number of hydrogen-bond donors (Lipinski definition) is 1. The fraction of sp³-hybridized carbons (Fsp3) is 0.600. The summed E-state index contributed by atoms with van der Waals surface area (Å²) in [5.41, 5.74) is 7.01. The van der Waals surface area contributed by atoms with Crippen molar-refractivity contribution in [1.29, 1.82) is 0 Å². The summed E-state index contributed by atoms with van der Waals surface area (Å²) in [6.45, 7) is 4.78. The molecule has 0 amide bonds. The SMILES string of the molecule is CCOCCN(C)C(CN)c1cc(OC)cc(OC)c1. The standard InChI is InChI=1S/C15H26N2O3/c1-5-20-7-6-17(2)15(11-16)12-8-13(18-3)10-14(9-12)19-4/h8-10,15H,5-7,11,16H2,1-4H3. The number of ether oxygens (including phenoxy) is 3. The molecule has 1 aromatic carbocycles. The van der Waals surface area contributed by atoms with Crippen molar-refractivity contribution < 1.29 is 14.2 Å². The molecule has 1 unspecified atom stereocenters. The Kier molecular flexibility index (Phi) is 7.36. The second-order valence-electron chi connectivity index (χ2n) is 4.58. The van der Waals surface area contributed by atoms with Gasteiger partial charge in [0.25, 0.3) is 0 Å². The molecule has 0 aliphatic heterocycles. The second-order valence-corrected chi connectivity index (χ2v) is 4.58. The Balaban J connectivity index is 2.87. The highest BCUT2D eigenvalue weighted by molar-refractivity contribution is 5.40. The third kappa shape index (κ3) is 4.67. The molecule has 20 heavy (non-hydrogen) atoms. The number of nitrogens with two attached hydrogens (primary N) is 1. The van der Waals surface area contributed by atoms with E-state index in [1.54, 1.807) is 14.2 Å². The maximum atomic E-state index is 5.93. The summed E-state index contributed by atoms with van der Waals surface area (Å²) >= 11 is 0. The molecule has 0 aliphatic rings. The van der Waals surface area contributed by atoms with Crippen molar-refractivity contribution in [2.75, 3.05) is 47.6 Å². The molecule has 1 atom stereocenters. The Morgan fingerprint density at radius 1 is 1.15 bits per heavy atom. The average molecular weight is 282 g/mol. The summed E-state index contributed by atoms with van der Waals surface area (Å²) in [5.74, 6) is 1.55. The predicted molar refractivity (Wildman–Crippen MR) is 80.5 cm³/mol. The van der Waals surface area contributed by atoms with E-state index in [-0.39, 0.29) is 6.04 Å². The molecule has 0 aromatic heterocycles. The lowest BCUT2D eigenvalue weighted by molar-refractivity contribution is 0.108. The van der Waals surface area contributed by atoms with Crippen molar-refractivity contribution in [1.82, 2.24) is 4.90 Å². The molecule has 0 heterocycles. The average Bonchev–Trinajstić information content (AvgIpc) is 2.47. The molecule has 0 saturated carbocycles. The summed E-state index contributed by atoms with van der Waals surface area (Å²) in [7, 11) is 5.34. The smallest absolute Gasteiger partial charge is 0.122 e. The van der Waals surface area contributed by atoms with Crippen LogP contribution in [0.1, 0.15) is 18.5 Å². The largest absolute Gasteiger partial charge is 0.497 e. The van der Waals surface area contributed by atoms with E-state index in [4.69, 9.17) is 19.9 Å². The van der Waals surface area contributed by atoms with Gasteiger partial charge in [0, 0.05) is 31.8 Å². The van der Waals surface area contributed by atoms with Crippen LogP contribution in [0, 0.1) is 0 Å². The lowest BCUT2D eigenvalue weighted by Crippen LogP contribution is -2.33. The zero-order valence-corrected chi connectivity index (χ0v) is 12.9. The van der Waals surface area contributed by atoms with Gasteiger partial charge in [-0.15, -0.1) is 0 Å². The number of rotatable bonds is 9. The zero-order valence-electron chi connectivity index (χ0n) is 12.9. The van der Waals surface area contributed by atoms with Gasteiger partial charge in [-0.3, -0.25) is 4.90 Å². The highest BCUT2D eigenvalue weighted by Crippen LogP contribution is 2.28. The number of hydrogen-bond acceptors (Lipinski definition) is 5. The van der Waals surface area contributed by atoms with E-state index in [1.165, 1.54) is 0 Å². The Bertz CT molecular complexity index is 376. The van der Waals surface area contributed by atoms with Crippen molar-refractivity contribution in [3.05, 3.63) is 23.8 Å². The number of nitrogens with zero attached hydrogens (tertiary/aromatic N) is 1. The lowest BCUT2D eigenvalue weighted by atomic mass is 10.0. The quantitative estimate of drug-likeness (QED) is 0.698. The van der Waals surface area contributed by atoms with Crippen molar-refractivity contribution >= 4 is 0 Å². The van der Waals surface area contributed by atoms with Crippen LogP contribution in [-0.2, 0) is 4.74 Å². The molecule has 0 aliphatic carbocycles. The molecular formula is C15H26N2O3. The Hall–Kier alpha value is -1.30. The van der Waals surface area contributed by atoms with E-state index in [9.17, 15) is 0 Å². The molecule has 0 bridgehead atoms. The first-order valence-corrected chi connectivity index (χ1v) is 6.87. The van der Waals surface area contributed by atoms with Crippen LogP contribution in [-0.4, -0.2) is 52.5 Å². The van der Waals surface area contributed by atoms with Gasteiger partial charge >= 0.3 is 0 Å². The van der Waals surface area contributed by atoms with E-state index in [0.29, 0.717) is 13.2 Å². The van der Waals surface area contributed by atoms with Crippen LogP contribution < -0.4 is 15.2 Å². The number of benzene rings is 1. The Morgan fingerprint density at radius 2 is 1.75 bits per heavy atom. The van der Waals surface area contributed by atoms with Gasteiger partial charge < -0.3 is 19.9 Å². The van der Waals surface area contributed by atoms with E-state index < -0.39 is 0 Å². The van der Waals surface area contributed by atoms with Crippen LogP contribution in [0.2, 0.25) is 0 Å². The van der Waals surface area contributed by atoms with Gasteiger partial charge in [0.1, 0.15) is 11.5 Å². The van der Waals surface area contributed by atoms with Crippen LogP contribution in [0.25, 0.3) is 0 Å². The number of methoxy groups -OCH3 is 2. The second kappa shape index (κ2) is 8.79. The highest BCUT2D eigenvalue weighted by atomic mass is 16.5. The monoisotopic (exact) mass is 282 g/mol. The molecule has 0 fully saturated rings. The maximum absolute atomic E-state index is 5.93. The summed E-state index contributed by atoms with van der Waals surface area (Å²) in [6, 6.07) is 5.96. The summed E-state index contributed by atoms with van der Waals surface area (Å²) < 4.78 is 16.0. The van der Waals surface area contributed by atoms with E-state index in [1.807, 2.05) is 32.2 Å². The number of likely N-dealkylation sites (N-methyl/N-ethyl adjacent to an activating group) is 1. The minimum atomic E-state index is 0.111. The molecule has 5 nitrogen and oxygen atoms in total. The molecule has 114 valence electrons. The zero-order chi connectivity index (χ0) is 15.0. The summed E-state index contributed by atoms with van der Waals surface area (Å²) in [6.07, 6.45) is 0. The molecule has 1 rings (SSSR count). The van der Waals surface area contributed by atoms with Gasteiger partial charge in [-0.25, -0.2) is 0 Å². The topological polar surface area (TPSA) is 57.0 Å². The van der Waals surface area contributed by atoms with Gasteiger partial charge in [-0.05, 0) is 31.7 Å². The third-order valence-corrected chi connectivity index (χ3v) is 3.31. The van der Waals surface area contributed by atoms with Crippen LogP contribution in [0.5, 0.6) is 11.5 Å². The van der Waals surface area contributed by atoms with Crippen LogP contribution in [0.4, 0.5) is 0 Å². The molecule has 5 heteroatoms. The van der Waals surface area contributed by atoms with E-state index in [2.05, 4.69) is 4.90 Å². The van der Waals surface area contributed by atoms with E-state index in [0.717, 1.165) is 30.2 Å². The van der Waals surface area contributed by atoms with Crippen molar-refractivity contribution in [2.24, 2.45) is 5.73 Å². The molecule has 0 saturated heterocycles. The minimum absolute atomic E-state index is 0.111. The predicted octanol–water partition coefficient (Wildman–Crippen LogP) is 1.67. The molecule has 2 N–H and O–H groups in total. The fourth-order valence-electron chi connectivity index (χ4n) is 2.10. The normalized spacial score (nSPS) is 12.5. The molecule has 1 aromatic rings. The summed E-state index contributed by atoms with van der Waals surface area (Å²) in [5, 5.41) is 0. The molecule has 0 spiro atoms. The first kappa shape index (κ1) is 16.8. The van der Waals surface area contributed by atoms with Crippen molar-refractivity contribution in [2.45, 2.75) is 13.0 Å². The van der Waals surface area contributed by atoms with E-state index >= 15 is 0 Å². The van der Waals surface area contributed by atoms with Gasteiger partial charge in [-0.1, -0.05) is 0 Å². The van der Waals surface area contributed by atoms with Crippen molar-refractivity contribution in [3.63, 3.8) is 0 Å². The molecule has 0 radical (unpaired) electrons.